The lowest BCUT2D eigenvalue weighted by Gasteiger charge is -2.06. The van der Waals surface area contributed by atoms with Crippen molar-refractivity contribution in [3.8, 4) is 6.07 Å². The summed E-state index contributed by atoms with van der Waals surface area (Å²) in [4.78, 5) is 21.0. The number of ketones is 1. The van der Waals surface area contributed by atoms with Crippen LogP contribution in [-0.2, 0) is 4.79 Å². The predicted molar refractivity (Wildman–Crippen MR) is 44.8 cm³/mol. The largest absolute Gasteiger partial charge is 0.350 e. The standard InChI is InChI=1S/C7H10N4O2/c1-4(10-11-7(9)13)6(3-8)5(2)12/h10H,1-2H3,(H3,9,11,13). The fraction of sp³-hybridized carbons (Fsp3) is 0.286. The summed E-state index contributed by atoms with van der Waals surface area (Å²) in [5.74, 6) is -0.376. The van der Waals surface area contributed by atoms with Gasteiger partial charge in [0.25, 0.3) is 0 Å². The van der Waals surface area contributed by atoms with Crippen LogP contribution in [0.25, 0.3) is 0 Å². The quantitative estimate of drug-likeness (QED) is 0.312. The summed E-state index contributed by atoms with van der Waals surface area (Å²) in [6, 6.07) is 0.909. The molecule has 0 saturated carbocycles. The van der Waals surface area contributed by atoms with Crippen molar-refractivity contribution in [3.63, 3.8) is 0 Å². The van der Waals surface area contributed by atoms with E-state index in [4.69, 9.17) is 11.0 Å². The number of Topliss-reactive ketones (excluding diaryl/α,β-unsaturated/α-hetero) is 1. The van der Waals surface area contributed by atoms with Gasteiger partial charge in [0, 0.05) is 5.70 Å². The number of nitriles is 1. The molecule has 6 heteroatoms. The van der Waals surface area contributed by atoms with E-state index in [2.05, 4.69) is 5.43 Å². The molecule has 0 aliphatic rings. The highest BCUT2D eigenvalue weighted by atomic mass is 16.2. The van der Waals surface area contributed by atoms with Crippen LogP contribution in [0, 0.1) is 11.3 Å². The molecule has 0 saturated heterocycles. The van der Waals surface area contributed by atoms with Gasteiger partial charge in [0.15, 0.2) is 5.78 Å². The highest BCUT2D eigenvalue weighted by Gasteiger charge is 2.06. The lowest BCUT2D eigenvalue weighted by Crippen LogP contribution is -2.40. The normalized spacial score (nSPS) is 10.8. The summed E-state index contributed by atoms with van der Waals surface area (Å²) >= 11 is 0. The first-order chi connectivity index (χ1) is 5.99. The molecule has 0 heterocycles. The zero-order valence-corrected chi connectivity index (χ0v) is 7.34. The van der Waals surface area contributed by atoms with Crippen LogP contribution in [0.3, 0.4) is 0 Å². The molecule has 0 aliphatic carbocycles. The maximum atomic E-state index is 10.8. The molecule has 0 bridgehead atoms. The average molecular weight is 182 g/mol. The number of carbonyl (C=O) groups is 2. The first-order valence-electron chi connectivity index (χ1n) is 3.42. The van der Waals surface area contributed by atoms with Gasteiger partial charge in [0.05, 0.1) is 0 Å². The van der Waals surface area contributed by atoms with Gasteiger partial charge >= 0.3 is 6.03 Å². The smallest absolute Gasteiger partial charge is 0.330 e. The van der Waals surface area contributed by atoms with Gasteiger partial charge in [-0.1, -0.05) is 0 Å². The molecule has 6 nitrogen and oxygen atoms in total. The van der Waals surface area contributed by atoms with E-state index in [1.165, 1.54) is 13.8 Å². The van der Waals surface area contributed by atoms with Gasteiger partial charge in [0.1, 0.15) is 11.6 Å². The molecule has 0 aromatic heterocycles. The van der Waals surface area contributed by atoms with Crippen molar-refractivity contribution >= 4 is 11.8 Å². The van der Waals surface area contributed by atoms with Crippen LogP contribution in [0.15, 0.2) is 11.3 Å². The Morgan fingerprint density at radius 1 is 1.31 bits per heavy atom. The van der Waals surface area contributed by atoms with Gasteiger partial charge in [0.2, 0.25) is 0 Å². The van der Waals surface area contributed by atoms with Crippen molar-refractivity contribution in [2.75, 3.05) is 0 Å². The molecule has 0 aromatic rings. The molecule has 0 spiro atoms. The van der Waals surface area contributed by atoms with Crippen molar-refractivity contribution in [2.24, 2.45) is 5.73 Å². The second-order valence-corrected chi connectivity index (χ2v) is 2.28. The Morgan fingerprint density at radius 3 is 2.15 bits per heavy atom. The number of primary amides is 1. The van der Waals surface area contributed by atoms with Crippen LogP contribution in [0.4, 0.5) is 4.79 Å². The Bertz CT molecular complexity index is 300. The van der Waals surface area contributed by atoms with Gasteiger partial charge in [-0.15, -0.1) is 0 Å². The summed E-state index contributed by atoms with van der Waals surface area (Å²) in [6.45, 7) is 2.74. The molecule has 0 unspecified atom stereocenters. The van der Waals surface area contributed by atoms with Crippen molar-refractivity contribution < 1.29 is 9.59 Å². The average Bonchev–Trinajstić information content (AvgIpc) is 2.01. The third kappa shape index (κ3) is 3.76. The molecule has 4 N–H and O–H groups in total. The third-order valence-electron chi connectivity index (χ3n) is 1.21. The van der Waals surface area contributed by atoms with Crippen molar-refractivity contribution in [2.45, 2.75) is 13.8 Å². The Kier molecular flexibility index (Phi) is 4.02. The van der Waals surface area contributed by atoms with Gasteiger partial charge in [-0.25, -0.2) is 4.79 Å². The van der Waals surface area contributed by atoms with Crippen molar-refractivity contribution in [1.82, 2.24) is 10.9 Å². The zero-order chi connectivity index (χ0) is 10.4. The Balaban J connectivity index is 4.51. The van der Waals surface area contributed by atoms with Gasteiger partial charge in [-0.05, 0) is 13.8 Å². The summed E-state index contributed by atoms with van der Waals surface area (Å²) in [5, 5.41) is 8.52. The topological polar surface area (TPSA) is 108 Å². The molecule has 0 radical (unpaired) electrons. The number of nitrogens with two attached hydrogens (primary N) is 1. The monoisotopic (exact) mass is 182 g/mol. The highest BCUT2D eigenvalue weighted by Crippen LogP contribution is 1.99. The summed E-state index contributed by atoms with van der Waals surface area (Å²) in [6.07, 6.45) is 0. The first kappa shape index (κ1) is 11.0. The van der Waals surface area contributed by atoms with E-state index in [1.54, 1.807) is 6.07 Å². The lowest BCUT2D eigenvalue weighted by atomic mass is 10.2. The second kappa shape index (κ2) is 4.77. The number of nitrogens with one attached hydrogen (secondary N) is 2. The Hall–Kier alpha value is -2.03. The number of nitrogens with zero attached hydrogens (tertiary/aromatic N) is 1. The van der Waals surface area contributed by atoms with Crippen molar-refractivity contribution in [1.29, 1.82) is 5.26 Å². The number of urea groups is 1. The van der Waals surface area contributed by atoms with E-state index in [0.717, 1.165) is 0 Å². The molecular weight excluding hydrogens is 172 g/mol. The van der Waals surface area contributed by atoms with Crippen LogP contribution in [0.2, 0.25) is 0 Å². The van der Waals surface area contributed by atoms with E-state index in [1.807, 2.05) is 5.43 Å². The van der Waals surface area contributed by atoms with Crippen LogP contribution >= 0.6 is 0 Å². The molecule has 70 valence electrons. The van der Waals surface area contributed by atoms with Gasteiger partial charge in [-0.3, -0.25) is 10.2 Å². The minimum absolute atomic E-state index is 0.0475. The van der Waals surface area contributed by atoms with E-state index >= 15 is 0 Å². The minimum Gasteiger partial charge on any atom is -0.350 e. The van der Waals surface area contributed by atoms with E-state index in [0.29, 0.717) is 0 Å². The molecule has 0 fully saturated rings. The fourth-order valence-corrected chi connectivity index (χ4v) is 0.644. The Morgan fingerprint density at radius 2 is 1.85 bits per heavy atom. The molecule has 0 rings (SSSR count). The van der Waals surface area contributed by atoms with Crippen molar-refractivity contribution in [3.05, 3.63) is 11.3 Å². The number of hydrazine groups is 1. The number of amides is 2. The van der Waals surface area contributed by atoms with Crippen LogP contribution in [-0.4, -0.2) is 11.8 Å². The number of hydrogen-bond acceptors (Lipinski definition) is 4. The van der Waals surface area contributed by atoms with E-state index < -0.39 is 6.03 Å². The van der Waals surface area contributed by atoms with E-state index in [-0.39, 0.29) is 17.1 Å². The SMILES string of the molecule is CC(=O)C(C#N)=C(C)NNC(N)=O. The van der Waals surface area contributed by atoms with Gasteiger partial charge in [-0.2, -0.15) is 5.26 Å². The Labute approximate surface area is 75.4 Å². The number of carbonyl (C=O) groups excluding carboxylic acids is 2. The first-order valence-corrected chi connectivity index (χ1v) is 3.42. The van der Waals surface area contributed by atoms with Crippen LogP contribution in [0.5, 0.6) is 0 Å². The predicted octanol–water partition coefficient (Wildman–Crippen LogP) is -0.454. The molecule has 0 aromatic carbocycles. The maximum Gasteiger partial charge on any atom is 0.330 e. The third-order valence-corrected chi connectivity index (χ3v) is 1.21. The molecule has 13 heavy (non-hydrogen) atoms. The lowest BCUT2D eigenvalue weighted by molar-refractivity contribution is -0.113. The van der Waals surface area contributed by atoms with Crippen LogP contribution in [0.1, 0.15) is 13.8 Å². The minimum atomic E-state index is -0.791. The zero-order valence-electron chi connectivity index (χ0n) is 7.34. The van der Waals surface area contributed by atoms with E-state index in [9.17, 15) is 9.59 Å². The second-order valence-electron chi connectivity index (χ2n) is 2.28. The molecule has 0 atom stereocenters. The summed E-state index contributed by atoms with van der Waals surface area (Å²) in [5.41, 5.74) is 9.33. The summed E-state index contributed by atoms with van der Waals surface area (Å²) < 4.78 is 0. The molecular formula is C7H10N4O2. The highest BCUT2D eigenvalue weighted by molar-refractivity contribution is 5.97. The fourth-order valence-electron chi connectivity index (χ4n) is 0.644. The number of allylic oxidation sites excluding steroid dienone is 2. The molecule has 2 amide bonds. The maximum absolute atomic E-state index is 10.8. The number of rotatable bonds is 3. The van der Waals surface area contributed by atoms with Crippen LogP contribution < -0.4 is 16.6 Å². The van der Waals surface area contributed by atoms with Gasteiger partial charge < -0.3 is 11.2 Å². The number of hydrogen-bond donors (Lipinski definition) is 3. The summed E-state index contributed by atoms with van der Waals surface area (Å²) in [7, 11) is 0. The molecule has 0 aliphatic heterocycles.